The fraction of sp³-hybridized carbons (Fsp3) is 0.222. The molecule has 158 valence electrons. The smallest absolute Gasteiger partial charge is 0.471 e. The van der Waals surface area contributed by atoms with Gasteiger partial charge in [-0.05, 0) is 29.8 Å². The van der Waals surface area contributed by atoms with E-state index < -0.39 is 33.4 Å². The van der Waals surface area contributed by atoms with Gasteiger partial charge in [-0.25, -0.2) is 8.42 Å². The zero-order valence-electron chi connectivity index (χ0n) is 15.4. The monoisotopic (exact) mass is 441 g/mol. The minimum Gasteiger partial charge on any atom is -0.497 e. The molecule has 0 atom stereocenters. The van der Waals surface area contributed by atoms with Crippen LogP contribution >= 0.6 is 0 Å². The number of halogens is 3. The van der Waals surface area contributed by atoms with Crippen molar-refractivity contribution in [3.05, 3.63) is 59.7 Å². The maximum atomic E-state index is 12.5. The highest BCUT2D eigenvalue weighted by Crippen LogP contribution is 2.29. The van der Waals surface area contributed by atoms with Gasteiger partial charge < -0.3 is 9.26 Å². The van der Waals surface area contributed by atoms with Crippen molar-refractivity contribution in [2.24, 2.45) is 0 Å². The molecular weight excluding hydrogens is 427 g/mol. The number of hydrogen-bond acceptors (Lipinski definition) is 8. The Kier molecular flexibility index (Phi) is 5.87. The summed E-state index contributed by atoms with van der Waals surface area (Å²) in [7, 11) is -2.29. The number of hydrogen-bond donors (Lipinski definition) is 0. The van der Waals surface area contributed by atoms with Crippen LogP contribution in [0.4, 0.5) is 13.2 Å². The molecule has 3 aromatic rings. The summed E-state index contributed by atoms with van der Waals surface area (Å²) in [5.41, 5.74) is 0.410. The summed E-state index contributed by atoms with van der Waals surface area (Å²) in [4.78, 5) is 19.3. The third kappa shape index (κ3) is 5.20. The predicted molar refractivity (Wildman–Crippen MR) is 97.3 cm³/mol. The number of Topliss-reactive ketones (excluding diaryl/α,β-unsaturated/α-hetero) is 1. The lowest BCUT2D eigenvalue weighted by Gasteiger charge is -2.05. The van der Waals surface area contributed by atoms with Crippen LogP contribution in [0.2, 0.25) is 0 Å². The Morgan fingerprint density at radius 2 is 1.83 bits per heavy atom. The van der Waals surface area contributed by atoms with Gasteiger partial charge in [0.25, 0.3) is 0 Å². The molecule has 3 rings (SSSR count). The second-order valence-electron chi connectivity index (χ2n) is 6.16. The Labute approximate surface area is 168 Å². The summed E-state index contributed by atoms with van der Waals surface area (Å²) in [5.74, 6) is -3.17. The summed E-state index contributed by atoms with van der Waals surface area (Å²) in [5, 5.41) is 3.21. The molecule has 0 bridgehead atoms. The molecule has 12 heteroatoms. The quantitative estimate of drug-likeness (QED) is 0.515. The third-order valence-corrected chi connectivity index (χ3v) is 5.35. The highest BCUT2D eigenvalue weighted by atomic mass is 32.2. The van der Waals surface area contributed by atoms with Crippen LogP contribution in [0.5, 0.6) is 5.75 Å². The Morgan fingerprint density at radius 1 is 1.13 bits per heavy atom. The van der Waals surface area contributed by atoms with Crippen molar-refractivity contribution in [3.8, 4) is 17.1 Å². The Hall–Kier alpha value is -3.28. The van der Waals surface area contributed by atoms with Gasteiger partial charge in [0.05, 0.1) is 12.9 Å². The van der Waals surface area contributed by atoms with Crippen LogP contribution in [0.15, 0.2) is 47.1 Å². The lowest BCUT2D eigenvalue weighted by molar-refractivity contribution is -0.159. The average molecular weight is 441 g/mol. The largest absolute Gasteiger partial charge is 0.497 e. The van der Waals surface area contributed by atoms with Gasteiger partial charge in [-0.2, -0.15) is 18.2 Å². The number of pyridine rings is 1. The molecule has 1 aromatic carbocycles. The number of nitrogens with zero attached hydrogens (tertiary/aromatic N) is 3. The normalized spacial score (nSPS) is 12.0. The summed E-state index contributed by atoms with van der Waals surface area (Å²) >= 11 is 0. The molecule has 0 aliphatic rings. The maximum absolute atomic E-state index is 12.5. The fourth-order valence-corrected chi connectivity index (χ4v) is 3.80. The fourth-order valence-electron chi connectivity index (χ4n) is 2.45. The van der Waals surface area contributed by atoms with Crippen LogP contribution in [0.1, 0.15) is 21.9 Å². The van der Waals surface area contributed by atoms with Gasteiger partial charge in [-0.3, -0.25) is 9.78 Å². The predicted octanol–water partition coefficient (Wildman–Crippen LogP) is 2.96. The highest BCUT2D eigenvalue weighted by molar-refractivity contribution is 7.91. The first-order valence-electron chi connectivity index (χ1n) is 8.31. The molecule has 0 amide bonds. The molecule has 0 fully saturated rings. The van der Waals surface area contributed by atoms with Crippen molar-refractivity contribution in [3.63, 3.8) is 0 Å². The van der Waals surface area contributed by atoms with Crippen LogP contribution in [0.25, 0.3) is 11.4 Å². The molecular formula is C18H14F3N3O5S. The van der Waals surface area contributed by atoms with E-state index in [9.17, 15) is 26.4 Å². The van der Waals surface area contributed by atoms with E-state index >= 15 is 0 Å². The molecule has 2 aromatic heterocycles. The SMILES string of the molecule is COc1ccc(CS(=O)(=O)CC(=O)c2ccc(-c3noc(C(F)(F)F)n3)cn2)cc1. The molecule has 0 aliphatic heterocycles. The zero-order chi connectivity index (χ0) is 21.9. The van der Waals surface area contributed by atoms with Crippen molar-refractivity contribution in [2.75, 3.05) is 12.9 Å². The van der Waals surface area contributed by atoms with E-state index in [1.165, 1.54) is 19.2 Å². The first kappa shape index (κ1) is 21.4. The number of ketones is 1. The number of carbonyl (C=O) groups excluding carboxylic acids is 1. The van der Waals surface area contributed by atoms with Crippen LogP contribution in [0.3, 0.4) is 0 Å². The summed E-state index contributed by atoms with van der Waals surface area (Å²) in [6, 6.07) is 8.80. The Balaban J connectivity index is 1.68. The molecule has 0 radical (unpaired) electrons. The molecule has 30 heavy (non-hydrogen) atoms. The van der Waals surface area contributed by atoms with Crippen LogP contribution in [0, 0.1) is 0 Å². The maximum Gasteiger partial charge on any atom is 0.471 e. The zero-order valence-corrected chi connectivity index (χ0v) is 16.2. The summed E-state index contributed by atoms with van der Waals surface area (Å²) < 4.78 is 71.3. The number of ether oxygens (including phenoxy) is 1. The van der Waals surface area contributed by atoms with Crippen molar-refractivity contribution in [2.45, 2.75) is 11.9 Å². The van der Waals surface area contributed by atoms with E-state index in [-0.39, 0.29) is 22.8 Å². The van der Waals surface area contributed by atoms with Gasteiger partial charge in [0, 0.05) is 11.8 Å². The molecule has 0 unspecified atom stereocenters. The second-order valence-corrected chi connectivity index (χ2v) is 8.22. The van der Waals surface area contributed by atoms with Gasteiger partial charge in [-0.1, -0.05) is 17.3 Å². The van der Waals surface area contributed by atoms with Crippen molar-refractivity contribution < 1.29 is 35.6 Å². The summed E-state index contributed by atoms with van der Waals surface area (Å²) in [6.07, 6.45) is -3.72. The third-order valence-electron chi connectivity index (χ3n) is 3.87. The molecule has 0 saturated carbocycles. The molecule has 2 heterocycles. The Morgan fingerprint density at radius 3 is 2.37 bits per heavy atom. The van der Waals surface area contributed by atoms with Gasteiger partial charge in [0.15, 0.2) is 15.6 Å². The van der Waals surface area contributed by atoms with E-state index in [1.54, 1.807) is 24.3 Å². The minimum atomic E-state index is -4.78. The minimum absolute atomic E-state index is 0.0758. The van der Waals surface area contributed by atoms with E-state index in [4.69, 9.17) is 4.74 Å². The molecule has 8 nitrogen and oxygen atoms in total. The van der Waals surface area contributed by atoms with E-state index in [1.807, 2.05) is 0 Å². The highest BCUT2D eigenvalue weighted by Gasteiger charge is 2.38. The topological polar surface area (TPSA) is 112 Å². The van der Waals surface area contributed by atoms with Crippen molar-refractivity contribution in [1.82, 2.24) is 15.1 Å². The lowest BCUT2D eigenvalue weighted by Crippen LogP contribution is -2.18. The van der Waals surface area contributed by atoms with E-state index in [0.717, 1.165) is 6.20 Å². The number of alkyl halides is 3. The van der Waals surface area contributed by atoms with Gasteiger partial charge >= 0.3 is 12.1 Å². The number of sulfone groups is 1. The first-order chi connectivity index (χ1) is 14.1. The molecule has 0 N–H and O–H groups in total. The second kappa shape index (κ2) is 8.22. The van der Waals surface area contributed by atoms with Crippen LogP contribution < -0.4 is 4.74 Å². The molecule has 0 spiro atoms. The lowest BCUT2D eigenvalue weighted by atomic mass is 10.2. The number of benzene rings is 1. The van der Waals surface area contributed by atoms with E-state index in [0.29, 0.717) is 11.3 Å². The van der Waals surface area contributed by atoms with Crippen LogP contribution in [-0.4, -0.2) is 42.2 Å². The van der Waals surface area contributed by atoms with Crippen molar-refractivity contribution >= 4 is 15.6 Å². The van der Waals surface area contributed by atoms with Gasteiger partial charge in [0.2, 0.25) is 5.82 Å². The van der Waals surface area contributed by atoms with Crippen molar-refractivity contribution in [1.29, 1.82) is 0 Å². The Bertz CT molecular complexity index is 1140. The van der Waals surface area contributed by atoms with E-state index in [2.05, 4.69) is 19.6 Å². The number of aromatic nitrogens is 3. The standard InChI is InChI=1S/C18H14F3N3O5S/c1-28-13-5-2-11(3-6-13)9-30(26,27)10-15(25)14-7-4-12(8-22-14)16-23-17(29-24-16)18(19,20)21/h2-8H,9-10H2,1H3. The van der Waals surface area contributed by atoms with Gasteiger partial charge in [-0.15, -0.1) is 0 Å². The molecule has 0 saturated heterocycles. The summed E-state index contributed by atoms with van der Waals surface area (Å²) in [6.45, 7) is 0. The number of carbonyl (C=O) groups is 1. The number of methoxy groups -OCH3 is 1. The van der Waals surface area contributed by atoms with Crippen LogP contribution in [-0.2, 0) is 21.8 Å². The molecule has 0 aliphatic carbocycles. The average Bonchev–Trinajstić information content (AvgIpc) is 3.19. The number of rotatable bonds is 7. The first-order valence-corrected chi connectivity index (χ1v) is 10.1. The van der Waals surface area contributed by atoms with Gasteiger partial charge in [0.1, 0.15) is 17.2 Å².